The summed E-state index contributed by atoms with van der Waals surface area (Å²) in [5.41, 5.74) is 1.46. The van der Waals surface area contributed by atoms with Crippen LogP contribution in [0, 0.1) is 5.92 Å². The first kappa shape index (κ1) is 16.3. The molecule has 2 amide bonds. The van der Waals surface area contributed by atoms with E-state index in [1.807, 2.05) is 30.3 Å². The Balaban J connectivity index is 1.79. The van der Waals surface area contributed by atoms with Crippen molar-refractivity contribution in [1.29, 1.82) is 0 Å². The van der Waals surface area contributed by atoms with Crippen LogP contribution in [0.2, 0.25) is 5.02 Å². The zero-order valence-corrected chi connectivity index (χ0v) is 13.9. The number of halogens is 1. The van der Waals surface area contributed by atoms with Crippen molar-refractivity contribution >= 4 is 29.5 Å². The highest BCUT2D eigenvalue weighted by atomic mass is 35.5. The number of pyridine rings is 1. The minimum absolute atomic E-state index is 0.139. The average Bonchev–Trinajstić information content (AvgIpc) is 2.54. The van der Waals surface area contributed by atoms with Gasteiger partial charge in [-0.05, 0) is 29.3 Å². The summed E-state index contributed by atoms with van der Waals surface area (Å²) in [4.78, 5) is 31.6. The molecule has 2 heterocycles. The molecule has 0 aliphatic carbocycles. The Hall–Kier alpha value is -2.53. The maximum absolute atomic E-state index is 12.2. The normalized spacial score (nSPS) is 15.9. The SMILES string of the molecule is CC(=O)NCc1ncc(CC2C=c3ccccc3=NC2=O)cc1Cl. The van der Waals surface area contributed by atoms with Crippen LogP contribution in [0.4, 0.5) is 0 Å². The molecule has 1 atom stereocenters. The second-order valence-electron chi connectivity index (χ2n) is 5.67. The Morgan fingerprint density at radius 1 is 1.33 bits per heavy atom. The summed E-state index contributed by atoms with van der Waals surface area (Å²) in [5.74, 6) is -0.620. The molecule has 0 saturated carbocycles. The van der Waals surface area contributed by atoms with Crippen LogP contribution < -0.4 is 15.9 Å². The van der Waals surface area contributed by atoms with Crippen LogP contribution in [0.25, 0.3) is 6.08 Å². The fourth-order valence-corrected chi connectivity index (χ4v) is 2.83. The maximum atomic E-state index is 12.2. The lowest BCUT2D eigenvalue weighted by Gasteiger charge is -2.13. The molecule has 0 spiro atoms. The monoisotopic (exact) mass is 341 g/mol. The Morgan fingerprint density at radius 3 is 2.88 bits per heavy atom. The summed E-state index contributed by atoms with van der Waals surface area (Å²) in [5, 5.41) is 4.80. The van der Waals surface area contributed by atoms with Gasteiger partial charge in [-0.1, -0.05) is 35.9 Å². The third-order valence-corrected chi connectivity index (χ3v) is 4.13. The van der Waals surface area contributed by atoms with Crippen molar-refractivity contribution in [2.75, 3.05) is 0 Å². The molecule has 24 heavy (non-hydrogen) atoms. The molecule has 0 saturated heterocycles. The Kier molecular flexibility index (Phi) is 4.71. The summed E-state index contributed by atoms with van der Waals surface area (Å²) in [7, 11) is 0. The second-order valence-corrected chi connectivity index (χ2v) is 6.08. The van der Waals surface area contributed by atoms with E-state index >= 15 is 0 Å². The Labute approximate surface area is 144 Å². The molecule has 1 aromatic carbocycles. The highest BCUT2D eigenvalue weighted by molar-refractivity contribution is 6.31. The highest BCUT2D eigenvalue weighted by Crippen LogP contribution is 2.19. The van der Waals surface area contributed by atoms with Gasteiger partial charge >= 0.3 is 0 Å². The van der Waals surface area contributed by atoms with Crippen molar-refractivity contribution in [2.24, 2.45) is 10.9 Å². The minimum Gasteiger partial charge on any atom is -0.351 e. The first-order chi connectivity index (χ1) is 11.5. The lowest BCUT2D eigenvalue weighted by Crippen LogP contribution is -2.34. The Bertz CT molecular complexity index is 924. The molecule has 1 aromatic heterocycles. The van der Waals surface area contributed by atoms with Gasteiger partial charge in [-0.2, -0.15) is 0 Å². The first-order valence-corrected chi connectivity index (χ1v) is 7.98. The van der Waals surface area contributed by atoms with E-state index in [0.717, 1.165) is 10.8 Å². The zero-order valence-electron chi connectivity index (χ0n) is 13.1. The number of benzene rings is 1. The lowest BCUT2D eigenvalue weighted by molar-refractivity contribution is -0.120. The molecular formula is C18H16ClN3O2. The first-order valence-electron chi connectivity index (χ1n) is 7.60. The van der Waals surface area contributed by atoms with Gasteiger partial charge in [0.05, 0.1) is 28.5 Å². The van der Waals surface area contributed by atoms with E-state index in [1.165, 1.54) is 6.92 Å². The van der Waals surface area contributed by atoms with E-state index in [4.69, 9.17) is 11.6 Å². The van der Waals surface area contributed by atoms with Crippen LogP contribution in [0.1, 0.15) is 18.2 Å². The molecule has 6 heteroatoms. The van der Waals surface area contributed by atoms with Crippen LogP contribution in [-0.4, -0.2) is 16.8 Å². The molecule has 3 rings (SSSR count). The van der Waals surface area contributed by atoms with Crippen molar-refractivity contribution in [2.45, 2.75) is 19.9 Å². The number of nitrogens with one attached hydrogen (secondary N) is 1. The predicted octanol–water partition coefficient (Wildman–Crippen LogP) is 1.17. The number of hydrogen-bond donors (Lipinski definition) is 1. The topological polar surface area (TPSA) is 71.4 Å². The number of carbonyl (C=O) groups is 2. The van der Waals surface area contributed by atoms with Crippen molar-refractivity contribution in [3.05, 3.63) is 63.4 Å². The maximum Gasteiger partial charge on any atom is 0.253 e. The lowest BCUT2D eigenvalue weighted by atomic mass is 9.96. The quantitative estimate of drug-likeness (QED) is 0.907. The number of rotatable bonds is 4. The van der Waals surface area contributed by atoms with Crippen molar-refractivity contribution in [1.82, 2.24) is 10.3 Å². The molecule has 1 N–H and O–H groups in total. The number of amides is 2. The fourth-order valence-electron chi connectivity index (χ4n) is 2.58. The highest BCUT2D eigenvalue weighted by Gasteiger charge is 2.19. The summed E-state index contributed by atoms with van der Waals surface area (Å²) in [6.07, 6.45) is 4.11. The third kappa shape index (κ3) is 3.68. The van der Waals surface area contributed by atoms with Crippen molar-refractivity contribution in [3.8, 4) is 0 Å². The van der Waals surface area contributed by atoms with Gasteiger partial charge in [-0.15, -0.1) is 0 Å². The number of aromatic nitrogens is 1. The molecule has 0 bridgehead atoms. The van der Waals surface area contributed by atoms with Gasteiger partial charge in [-0.25, -0.2) is 4.99 Å². The van der Waals surface area contributed by atoms with E-state index in [-0.39, 0.29) is 24.3 Å². The van der Waals surface area contributed by atoms with E-state index < -0.39 is 0 Å². The van der Waals surface area contributed by atoms with Crippen LogP contribution in [0.3, 0.4) is 0 Å². The Morgan fingerprint density at radius 2 is 2.12 bits per heavy atom. The van der Waals surface area contributed by atoms with E-state index in [2.05, 4.69) is 15.3 Å². The van der Waals surface area contributed by atoms with Gasteiger partial charge < -0.3 is 5.32 Å². The number of nitrogens with zero attached hydrogens (tertiary/aromatic N) is 2. The smallest absolute Gasteiger partial charge is 0.253 e. The summed E-state index contributed by atoms with van der Waals surface area (Å²) in [6.45, 7) is 1.72. The summed E-state index contributed by atoms with van der Waals surface area (Å²) < 4.78 is 0. The molecule has 1 unspecified atom stereocenters. The van der Waals surface area contributed by atoms with Gasteiger partial charge in [0, 0.05) is 13.1 Å². The van der Waals surface area contributed by atoms with E-state index in [0.29, 0.717) is 22.5 Å². The fraction of sp³-hybridized carbons (Fsp3) is 0.222. The van der Waals surface area contributed by atoms with Crippen LogP contribution >= 0.6 is 11.6 Å². The second kappa shape index (κ2) is 6.93. The largest absolute Gasteiger partial charge is 0.351 e. The number of hydrogen-bond acceptors (Lipinski definition) is 3. The van der Waals surface area contributed by atoms with Crippen LogP contribution in [-0.2, 0) is 22.6 Å². The van der Waals surface area contributed by atoms with E-state index in [9.17, 15) is 9.59 Å². The van der Waals surface area contributed by atoms with Gasteiger partial charge in [0.25, 0.3) is 5.91 Å². The number of carbonyl (C=O) groups excluding carboxylic acids is 2. The van der Waals surface area contributed by atoms with Gasteiger partial charge in [-0.3, -0.25) is 14.6 Å². The van der Waals surface area contributed by atoms with Gasteiger partial charge in [0.1, 0.15) is 0 Å². The minimum atomic E-state index is -0.320. The van der Waals surface area contributed by atoms with E-state index in [1.54, 1.807) is 12.3 Å². The zero-order chi connectivity index (χ0) is 17.1. The average molecular weight is 342 g/mol. The molecule has 0 radical (unpaired) electrons. The molecule has 1 aliphatic heterocycles. The standard InChI is InChI=1S/C18H16ClN3O2/c1-11(23)20-10-17-15(19)7-12(9-21-17)6-14-8-13-4-2-3-5-16(13)22-18(14)24/h2-5,7-9,14H,6,10H2,1H3,(H,20,23). The molecular weight excluding hydrogens is 326 g/mol. The number of para-hydroxylation sites is 1. The van der Waals surface area contributed by atoms with Gasteiger partial charge in [0.15, 0.2) is 0 Å². The molecule has 1 aliphatic rings. The molecule has 5 nitrogen and oxygen atoms in total. The van der Waals surface area contributed by atoms with Crippen LogP contribution in [0.5, 0.6) is 0 Å². The van der Waals surface area contributed by atoms with Crippen molar-refractivity contribution < 1.29 is 9.59 Å². The molecule has 0 fully saturated rings. The molecule has 122 valence electrons. The van der Waals surface area contributed by atoms with Crippen molar-refractivity contribution in [3.63, 3.8) is 0 Å². The third-order valence-electron chi connectivity index (χ3n) is 3.80. The summed E-state index contributed by atoms with van der Waals surface area (Å²) >= 11 is 6.22. The summed E-state index contributed by atoms with van der Waals surface area (Å²) in [6, 6.07) is 9.34. The number of fused-ring (bicyclic) bond motifs is 1. The van der Waals surface area contributed by atoms with Gasteiger partial charge in [0.2, 0.25) is 5.91 Å². The predicted molar refractivity (Wildman–Crippen MR) is 90.7 cm³/mol. The molecule has 2 aromatic rings. The van der Waals surface area contributed by atoms with Crippen LogP contribution in [0.15, 0.2) is 41.5 Å².